The van der Waals surface area contributed by atoms with Crippen molar-refractivity contribution in [3.05, 3.63) is 58.4 Å². The summed E-state index contributed by atoms with van der Waals surface area (Å²) in [7, 11) is 0. The van der Waals surface area contributed by atoms with Crippen LogP contribution in [0.2, 0.25) is 0 Å². The molecule has 2 aromatic rings. The minimum absolute atomic E-state index is 0. The Balaban J connectivity index is 0.00000192. The molecule has 1 aliphatic rings. The van der Waals surface area contributed by atoms with Gasteiger partial charge in [0, 0.05) is 38.9 Å². The van der Waals surface area contributed by atoms with Gasteiger partial charge in [-0.05, 0) is 44.0 Å². The molecule has 0 spiro atoms. The summed E-state index contributed by atoms with van der Waals surface area (Å²) in [4.78, 5) is 14.7. The second kappa shape index (κ2) is 7.29. The van der Waals surface area contributed by atoms with Crippen LogP contribution in [-0.4, -0.2) is 19.0 Å². The second-order valence-corrected chi connectivity index (χ2v) is 5.60. The van der Waals surface area contributed by atoms with E-state index >= 15 is 0 Å². The minimum atomic E-state index is -0.180. The summed E-state index contributed by atoms with van der Waals surface area (Å²) in [5.41, 5.74) is 11.3. The molecule has 0 saturated carbocycles. The van der Waals surface area contributed by atoms with Gasteiger partial charge in [-0.25, -0.2) is 0 Å². The molecule has 1 aliphatic heterocycles. The molecule has 0 aromatic heterocycles. The van der Waals surface area contributed by atoms with E-state index in [1.165, 1.54) is 5.56 Å². The first-order valence-corrected chi connectivity index (χ1v) is 7.56. The number of fused-ring (bicyclic) bond motifs is 2. The van der Waals surface area contributed by atoms with E-state index in [0.29, 0.717) is 12.1 Å². The number of carbonyl (C=O) groups is 1. The average Bonchev–Trinajstić information content (AvgIpc) is 2.63. The first kappa shape index (κ1) is 17.7. The molecule has 1 amide bonds. The smallest absolute Gasteiger partial charge is 0.0875 e. The van der Waals surface area contributed by atoms with Gasteiger partial charge in [0.2, 0.25) is 0 Å². The number of rotatable bonds is 3. The van der Waals surface area contributed by atoms with Gasteiger partial charge in [0.25, 0.3) is 0 Å². The number of aryl methyl sites for hydroxylation is 1. The van der Waals surface area contributed by atoms with E-state index in [1.807, 2.05) is 36.4 Å². The van der Waals surface area contributed by atoms with Crippen LogP contribution in [0.1, 0.15) is 27.9 Å². The van der Waals surface area contributed by atoms with Crippen molar-refractivity contribution in [3.63, 3.8) is 0 Å². The Labute approximate surface area is 151 Å². The Morgan fingerprint density at radius 3 is 2.61 bits per heavy atom. The number of nitrogens with two attached hydrogens (primary N) is 1. The van der Waals surface area contributed by atoms with Crippen LogP contribution in [0.4, 0.5) is 17.1 Å². The van der Waals surface area contributed by atoms with Crippen molar-refractivity contribution in [2.24, 2.45) is 5.73 Å². The summed E-state index contributed by atoms with van der Waals surface area (Å²) >= 11 is 0. The van der Waals surface area contributed by atoms with Crippen molar-refractivity contribution in [2.75, 3.05) is 18.0 Å². The van der Waals surface area contributed by atoms with Gasteiger partial charge in [-0.1, -0.05) is 30.3 Å². The van der Waals surface area contributed by atoms with E-state index in [2.05, 4.69) is 24.1 Å². The maximum absolute atomic E-state index is 12.5. The monoisotopic (exact) mass is 392 g/mol. The van der Waals surface area contributed by atoms with Gasteiger partial charge in [0.1, 0.15) is 0 Å². The number of benzene rings is 2. The predicted octanol–water partition coefficient (Wildman–Crippen LogP) is 3.95. The molecular formula is C18H20MoN3O-. The zero-order chi connectivity index (χ0) is 15.7. The van der Waals surface area contributed by atoms with Crippen molar-refractivity contribution >= 4 is 23.0 Å². The molecule has 1 heterocycles. The van der Waals surface area contributed by atoms with Crippen molar-refractivity contribution in [2.45, 2.75) is 20.3 Å². The van der Waals surface area contributed by atoms with Gasteiger partial charge in [0.15, 0.2) is 0 Å². The van der Waals surface area contributed by atoms with Crippen LogP contribution < -0.4 is 10.6 Å². The van der Waals surface area contributed by atoms with Crippen LogP contribution in [0.5, 0.6) is 0 Å². The summed E-state index contributed by atoms with van der Waals surface area (Å²) in [6, 6.07) is 11.6. The van der Waals surface area contributed by atoms with Crippen molar-refractivity contribution in [1.29, 1.82) is 0 Å². The van der Waals surface area contributed by atoms with Gasteiger partial charge >= 0.3 is 0 Å². The zero-order valence-electron chi connectivity index (χ0n) is 13.4. The minimum Gasteiger partial charge on any atom is -0.621 e. The molecule has 0 fully saturated rings. The van der Waals surface area contributed by atoms with Gasteiger partial charge in [-0.2, -0.15) is 0 Å². The average molecular weight is 390 g/mol. The van der Waals surface area contributed by atoms with E-state index in [-0.39, 0.29) is 27.0 Å². The molecule has 3 rings (SSSR count). The standard InChI is InChI=1S/C18H21N3O.Mo/c1-12-8-9-14-17(13(12)2)21(11-5-10-19)16-7-4-3-6-15(16)20-18(14)22;/h3-4,6-9H,5,10-11,19H2,1-2H3,(H,20,22);/p-1. The van der Waals surface area contributed by atoms with Gasteiger partial charge in [-0.15, -0.1) is 5.69 Å². The maximum Gasteiger partial charge on any atom is 0.0875 e. The number of carbonyl (C=O) groups excluding carboxylic acids is 1. The van der Waals surface area contributed by atoms with E-state index < -0.39 is 0 Å². The fourth-order valence-electron chi connectivity index (χ4n) is 2.88. The SMILES string of the molecule is Cc1ccc2c(c1C)N(CCCN)c1ccccc1[N-]C2=O.[Mo]. The molecule has 120 valence electrons. The molecule has 2 N–H and O–H groups in total. The third-order valence-electron chi connectivity index (χ3n) is 4.18. The summed E-state index contributed by atoms with van der Waals surface area (Å²) in [5.74, 6) is -0.180. The van der Waals surface area contributed by atoms with Gasteiger partial charge < -0.3 is 20.7 Å². The fourth-order valence-corrected chi connectivity index (χ4v) is 2.88. The normalized spacial score (nSPS) is 12.7. The third-order valence-corrected chi connectivity index (χ3v) is 4.18. The number of hydrogen-bond acceptors (Lipinski definition) is 3. The van der Waals surface area contributed by atoms with Crippen LogP contribution in [0.25, 0.3) is 5.32 Å². The molecule has 0 unspecified atom stereocenters. The van der Waals surface area contributed by atoms with Gasteiger partial charge in [-0.3, -0.25) is 0 Å². The third kappa shape index (κ3) is 3.19. The van der Waals surface area contributed by atoms with Crippen molar-refractivity contribution < 1.29 is 25.9 Å². The molecule has 2 aromatic carbocycles. The molecule has 5 heteroatoms. The Kier molecular flexibility index (Phi) is 5.61. The molecule has 23 heavy (non-hydrogen) atoms. The largest absolute Gasteiger partial charge is 0.621 e. The quantitative estimate of drug-likeness (QED) is 0.808. The Morgan fingerprint density at radius 1 is 1.13 bits per heavy atom. The first-order valence-electron chi connectivity index (χ1n) is 7.56. The van der Waals surface area contributed by atoms with Crippen LogP contribution >= 0.6 is 0 Å². The second-order valence-electron chi connectivity index (χ2n) is 5.60. The van der Waals surface area contributed by atoms with Crippen LogP contribution in [0.3, 0.4) is 0 Å². The summed E-state index contributed by atoms with van der Waals surface area (Å²) in [5, 5.41) is 4.30. The Morgan fingerprint density at radius 2 is 1.87 bits per heavy atom. The Hall–Kier alpha value is -1.64. The van der Waals surface area contributed by atoms with E-state index in [4.69, 9.17) is 5.73 Å². The predicted molar refractivity (Wildman–Crippen MR) is 90.4 cm³/mol. The number of para-hydroxylation sites is 2. The Bertz CT molecular complexity index is 730. The molecule has 0 atom stereocenters. The number of amides is 1. The van der Waals surface area contributed by atoms with Crippen LogP contribution in [0, 0.1) is 13.8 Å². The number of hydrogen-bond donors (Lipinski definition) is 1. The number of anilines is 2. The van der Waals surface area contributed by atoms with E-state index in [1.54, 1.807) is 0 Å². The zero-order valence-corrected chi connectivity index (χ0v) is 15.4. The van der Waals surface area contributed by atoms with Crippen LogP contribution in [0.15, 0.2) is 36.4 Å². The number of nitrogens with zero attached hydrogens (tertiary/aromatic N) is 2. The summed E-state index contributed by atoms with van der Waals surface area (Å²) in [6.07, 6.45) is 0.856. The van der Waals surface area contributed by atoms with Gasteiger partial charge in [0.05, 0.1) is 11.6 Å². The molecule has 0 aliphatic carbocycles. The molecule has 0 radical (unpaired) electrons. The van der Waals surface area contributed by atoms with Crippen LogP contribution in [-0.2, 0) is 21.1 Å². The molecule has 4 nitrogen and oxygen atoms in total. The fraction of sp³-hybridized carbons (Fsp3) is 0.278. The topological polar surface area (TPSA) is 60.4 Å². The van der Waals surface area contributed by atoms with Crippen molar-refractivity contribution in [3.8, 4) is 0 Å². The first-order chi connectivity index (χ1) is 10.6. The van der Waals surface area contributed by atoms with E-state index in [9.17, 15) is 4.79 Å². The summed E-state index contributed by atoms with van der Waals surface area (Å²) in [6.45, 7) is 5.51. The van der Waals surface area contributed by atoms with E-state index in [0.717, 1.165) is 35.6 Å². The summed E-state index contributed by atoms with van der Waals surface area (Å²) < 4.78 is 0. The van der Waals surface area contributed by atoms with Crippen molar-refractivity contribution in [1.82, 2.24) is 0 Å². The molecule has 0 bridgehead atoms. The molecular weight excluding hydrogens is 370 g/mol. The maximum atomic E-state index is 12.5. The molecule has 0 saturated heterocycles.